The van der Waals surface area contributed by atoms with Crippen molar-refractivity contribution in [3.05, 3.63) is 28.2 Å². The van der Waals surface area contributed by atoms with Gasteiger partial charge in [0.25, 0.3) is 0 Å². The Hall–Kier alpha value is -0.480. The Labute approximate surface area is 129 Å². The number of hydrogen-bond acceptors (Lipinski definition) is 3. The number of para-hydroxylation sites is 1. The monoisotopic (exact) mass is 315 g/mol. The molecule has 0 aliphatic carbocycles. The lowest BCUT2D eigenvalue weighted by Crippen LogP contribution is -2.47. The topological polar surface area (TPSA) is 30.5 Å². The standard InChI is InChI=1S/C15H19Cl2NO2/c16-12-2-1-3-13(17)14(12)18-11-4-7-20-15(10-11)5-8-19-9-6-15/h1-3,11,18H,4-10H2. The molecule has 5 heteroatoms. The molecule has 1 atom stereocenters. The van der Waals surface area contributed by atoms with Gasteiger partial charge in [-0.1, -0.05) is 29.3 Å². The normalized spacial score (nSPS) is 25.6. The van der Waals surface area contributed by atoms with Crippen LogP contribution in [0.3, 0.4) is 0 Å². The van der Waals surface area contributed by atoms with Crippen LogP contribution in [0.25, 0.3) is 0 Å². The van der Waals surface area contributed by atoms with Gasteiger partial charge in [-0.3, -0.25) is 0 Å². The Morgan fingerprint density at radius 2 is 1.80 bits per heavy atom. The maximum atomic E-state index is 6.23. The van der Waals surface area contributed by atoms with E-state index in [1.807, 2.05) is 18.2 Å². The summed E-state index contributed by atoms with van der Waals surface area (Å²) in [5.74, 6) is 0. The highest BCUT2D eigenvalue weighted by Gasteiger charge is 2.39. The van der Waals surface area contributed by atoms with Crippen molar-refractivity contribution in [1.82, 2.24) is 0 Å². The van der Waals surface area contributed by atoms with E-state index >= 15 is 0 Å². The Bertz CT molecular complexity index is 449. The van der Waals surface area contributed by atoms with Gasteiger partial charge in [0.2, 0.25) is 0 Å². The Balaban J connectivity index is 1.71. The second kappa shape index (κ2) is 6.10. The van der Waals surface area contributed by atoms with E-state index in [0.717, 1.165) is 51.2 Å². The number of ether oxygens (including phenoxy) is 2. The minimum absolute atomic E-state index is 0.0259. The van der Waals surface area contributed by atoms with Crippen molar-refractivity contribution in [3.63, 3.8) is 0 Å². The summed E-state index contributed by atoms with van der Waals surface area (Å²) in [6, 6.07) is 5.93. The number of nitrogens with one attached hydrogen (secondary N) is 1. The first-order valence-electron chi connectivity index (χ1n) is 7.11. The van der Waals surface area contributed by atoms with Gasteiger partial charge in [-0.2, -0.15) is 0 Å². The van der Waals surface area contributed by atoms with Crippen molar-refractivity contribution >= 4 is 28.9 Å². The molecule has 3 nitrogen and oxygen atoms in total. The summed E-state index contributed by atoms with van der Waals surface area (Å²) in [7, 11) is 0. The lowest BCUT2D eigenvalue weighted by Gasteiger charge is -2.43. The van der Waals surface area contributed by atoms with Gasteiger partial charge < -0.3 is 14.8 Å². The third kappa shape index (κ3) is 3.06. The average Bonchev–Trinajstić information content (AvgIpc) is 2.44. The van der Waals surface area contributed by atoms with E-state index in [1.165, 1.54) is 0 Å². The molecule has 2 fully saturated rings. The van der Waals surface area contributed by atoms with Crippen LogP contribution < -0.4 is 5.32 Å². The van der Waals surface area contributed by atoms with Crippen LogP contribution in [0.15, 0.2) is 18.2 Å². The second-order valence-electron chi connectivity index (χ2n) is 5.57. The smallest absolute Gasteiger partial charge is 0.0745 e. The fraction of sp³-hybridized carbons (Fsp3) is 0.600. The predicted octanol–water partition coefficient (Wildman–Crippen LogP) is 4.13. The van der Waals surface area contributed by atoms with Gasteiger partial charge in [0, 0.05) is 25.9 Å². The van der Waals surface area contributed by atoms with E-state index in [0.29, 0.717) is 16.1 Å². The summed E-state index contributed by atoms with van der Waals surface area (Å²) in [6.45, 7) is 2.36. The molecule has 0 amide bonds. The van der Waals surface area contributed by atoms with Gasteiger partial charge in [-0.15, -0.1) is 0 Å². The van der Waals surface area contributed by atoms with Crippen LogP contribution in [-0.4, -0.2) is 31.5 Å². The molecule has 1 aromatic carbocycles. The quantitative estimate of drug-likeness (QED) is 0.890. The summed E-state index contributed by atoms with van der Waals surface area (Å²) in [5, 5.41) is 4.85. The third-order valence-corrected chi connectivity index (χ3v) is 4.84. The maximum absolute atomic E-state index is 6.23. The van der Waals surface area contributed by atoms with Crippen LogP contribution in [0.2, 0.25) is 10.0 Å². The van der Waals surface area contributed by atoms with Crippen molar-refractivity contribution in [2.75, 3.05) is 25.1 Å². The van der Waals surface area contributed by atoms with E-state index in [1.54, 1.807) is 0 Å². The molecule has 2 heterocycles. The highest BCUT2D eigenvalue weighted by Crippen LogP contribution is 2.37. The van der Waals surface area contributed by atoms with Crippen LogP contribution in [-0.2, 0) is 9.47 Å². The minimum atomic E-state index is -0.0259. The van der Waals surface area contributed by atoms with E-state index in [4.69, 9.17) is 32.7 Å². The van der Waals surface area contributed by atoms with E-state index < -0.39 is 0 Å². The number of anilines is 1. The summed E-state index contributed by atoms with van der Waals surface area (Å²) in [4.78, 5) is 0. The van der Waals surface area contributed by atoms with Gasteiger partial charge in [0.15, 0.2) is 0 Å². The fourth-order valence-corrected chi connectivity index (χ4v) is 3.59. The SMILES string of the molecule is Clc1cccc(Cl)c1NC1CCOC2(CCOCC2)C1. The molecule has 0 bridgehead atoms. The Kier molecular flexibility index (Phi) is 4.41. The third-order valence-electron chi connectivity index (χ3n) is 4.21. The number of halogens is 2. The number of hydrogen-bond donors (Lipinski definition) is 1. The zero-order chi connectivity index (χ0) is 14.0. The molecular formula is C15H19Cl2NO2. The van der Waals surface area contributed by atoms with Gasteiger partial charge >= 0.3 is 0 Å². The molecule has 0 saturated carbocycles. The fourth-order valence-electron chi connectivity index (χ4n) is 3.08. The molecule has 1 N–H and O–H groups in total. The predicted molar refractivity (Wildman–Crippen MR) is 81.8 cm³/mol. The van der Waals surface area contributed by atoms with Gasteiger partial charge in [-0.05, 0) is 37.8 Å². The van der Waals surface area contributed by atoms with Crippen molar-refractivity contribution in [3.8, 4) is 0 Å². The highest BCUT2D eigenvalue weighted by molar-refractivity contribution is 6.39. The Morgan fingerprint density at radius 1 is 1.10 bits per heavy atom. The average molecular weight is 316 g/mol. The first-order chi connectivity index (χ1) is 9.69. The highest BCUT2D eigenvalue weighted by atomic mass is 35.5. The minimum Gasteiger partial charge on any atom is -0.381 e. The summed E-state index contributed by atoms with van der Waals surface area (Å²) >= 11 is 12.5. The molecule has 3 rings (SSSR count). The lowest BCUT2D eigenvalue weighted by atomic mass is 9.84. The zero-order valence-electron chi connectivity index (χ0n) is 11.3. The van der Waals surface area contributed by atoms with Crippen LogP contribution in [0.4, 0.5) is 5.69 Å². The number of rotatable bonds is 2. The summed E-state index contributed by atoms with van der Waals surface area (Å²) in [6.07, 6.45) is 3.91. The first-order valence-corrected chi connectivity index (χ1v) is 7.86. The molecule has 1 aromatic rings. The summed E-state index contributed by atoms with van der Waals surface area (Å²) in [5.41, 5.74) is 0.812. The van der Waals surface area contributed by atoms with Crippen LogP contribution in [0, 0.1) is 0 Å². The van der Waals surface area contributed by atoms with Gasteiger partial charge in [-0.25, -0.2) is 0 Å². The van der Waals surface area contributed by atoms with Crippen molar-refractivity contribution in [2.24, 2.45) is 0 Å². The van der Waals surface area contributed by atoms with E-state index in [9.17, 15) is 0 Å². The second-order valence-corrected chi connectivity index (χ2v) is 6.39. The molecule has 2 aliphatic rings. The van der Waals surface area contributed by atoms with Crippen LogP contribution >= 0.6 is 23.2 Å². The first kappa shape index (κ1) is 14.5. The lowest BCUT2D eigenvalue weighted by molar-refractivity contribution is -0.135. The molecular weight excluding hydrogens is 297 g/mol. The molecule has 20 heavy (non-hydrogen) atoms. The maximum Gasteiger partial charge on any atom is 0.0745 e. The van der Waals surface area contributed by atoms with E-state index in [-0.39, 0.29) is 5.60 Å². The van der Waals surface area contributed by atoms with Crippen molar-refractivity contribution < 1.29 is 9.47 Å². The molecule has 2 saturated heterocycles. The molecule has 110 valence electrons. The van der Waals surface area contributed by atoms with Crippen LogP contribution in [0.1, 0.15) is 25.7 Å². The summed E-state index contributed by atoms with van der Waals surface area (Å²) < 4.78 is 11.5. The Morgan fingerprint density at radius 3 is 2.50 bits per heavy atom. The van der Waals surface area contributed by atoms with Crippen LogP contribution in [0.5, 0.6) is 0 Å². The molecule has 0 radical (unpaired) electrons. The van der Waals surface area contributed by atoms with Gasteiger partial charge in [0.1, 0.15) is 0 Å². The molecule has 1 unspecified atom stereocenters. The zero-order valence-corrected chi connectivity index (χ0v) is 12.8. The van der Waals surface area contributed by atoms with Crippen molar-refractivity contribution in [1.29, 1.82) is 0 Å². The van der Waals surface area contributed by atoms with Gasteiger partial charge in [0.05, 0.1) is 21.3 Å². The molecule has 2 aliphatic heterocycles. The molecule has 0 aromatic heterocycles. The largest absolute Gasteiger partial charge is 0.381 e. The number of benzene rings is 1. The molecule has 1 spiro atoms. The van der Waals surface area contributed by atoms with E-state index in [2.05, 4.69) is 5.32 Å². The van der Waals surface area contributed by atoms with Crippen molar-refractivity contribution in [2.45, 2.75) is 37.3 Å².